The van der Waals surface area contributed by atoms with Crippen LogP contribution in [0.5, 0.6) is 0 Å². The Kier molecular flexibility index (Phi) is 7.89. The van der Waals surface area contributed by atoms with Crippen molar-refractivity contribution < 1.29 is 4.39 Å². The van der Waals surface area contributed by atoms with E-state index in [1.165, 1.54) is 6.07 Å². The molecule has 5 nitrogen and oxygen atoms in total. The Labute approximate surface area is 175 Å². The fourth-order valence-corrected chi connectivity index (χ4v) is 2.98. The van der Waals surface area contributed by atoms with Gasteiger partial charge in [0.1, 0.15) is 0 Å². The monoisotopic (exact) mass is 489 g/mol. The summed E-state index contributed by atoms with van der Waals surface area (Å²) in [6.45, 7) is 2.11. The number of hydrogen-bond donors (Lipinski definition) is 2. The zero-order valence-corrected chi connectivity index (χ0v) is 17.5. The van der Waals surface area contributed by atoms with E-state index < -0.39 is 0 Å². The van der Waals surface area contributed by atoms with Gasteiger partial charge in [0.25, 0.3) is 0 Å². The molecule has 8 heteroatoms. The van der Waals surface area contributed by atoms with Crippen molar-refractivity contribution in [2.75, 3.05) is 25.0 Å². The molecule has 0 amide bonds. The molecule has 1 aromatic carbocycles. The Morgan fingerprint density at radius 1 is 1.35 bits per heavy atom. The molecule has 1 fully saturated rings. The lowest BCUT2D eigenvalue weighted by Gasteiger charge is -2.20. The molecule has 2 N–H and O–H groups in total. The molecule has 2 aromatic rings. The molecule has 1 unspecified atom stereocenters. The van der Waals surface area contributed by atoms with Crippen molar-refractivity contribution in [2.24, 2.45) is 4.99 Å². The third-order valence-electron chi connectivity index (χ3n) is 4.16. The number of guanidine groups is 1. The maximum Gasteiger partial charge on any atom is 0.191 e. The number of hydrogen-bond acceptors (Lipinski definition) is 3. The predicted molar refractivity (Wildman–Crippen MR) is 115 cm³/mol. The van der Waals surface area contributed by atoms with Crippen LogP contribution in [0.15, 0.2) is 47.6 Å². The number of nitrogens with zero attached hydrogens (tertiary/aromatic N) is 3. The molecule has 3 rings (SSSR count). The van der Waals surface area contributed by atoms with Crippen LogP contribution in [0.4, 0.5) is 10.2 Å². The zero-order valence-electron chi connectivity index (χ0n) is 14.5. The van der Waals surface area contributed by atoms with E-state index in [0.29, 0.717) is 18.9 Å². The topological polar surface area (TPSA) is 52.6 Å². The first kappa shape index (κ1) is 20.7. The summed E-state index contributed by atoms with van der Waals surface area (Å²) in [5, 5.41) is 7.39. The fraction of sp³-hybridized carbons (Fsp3) is 0.333. The molecule has 0 spiro atoms. The van der Waals surface area contributed by atoms with Crippen molar-refractivity contribution in [1.82, 2.24) is 15.6 Å². The lowest BCUT2D eigenvalue weighted by Crippen LogP contribution is -2.44. The molecule has 1 aliphatic rings. The van der Waals surface area contributed by atoms with Gasteiger partial charge in [-0.05, 0) is 36.2 Å². The zero-order chi connectivity index (χ0) is 17.6. The second-order valence-electron chi connectivity index (χ2n) is 5.94. The van der Waals surface area contributed by atoms with E-state index in [2.05, 4.69) is 20.6 Å². The van der Waals surface area contributed by atoms with E-state index in [9.17, 15) is 4.39 Å². The Balaban J connectivity index is 0.00000243. The minimum Gasteiger partial charge on any atom is -0.352 e. The van der Waals surface area contributed by atoms with Gasteiger partial charge in [-0.1, -0.05) is 23.7 Å². The summed E-state index contributed by atoms with van der Waals surface area (Å²) in [4.78, 5) is 10.4. The highest BCUT2D eigenvalue weighted by atomic mass is 127. The number of nitrogens with one attached hydrogen (secondary N) is 2. The van der Waals surface area contributed by atoms with Crippen LogP contribution in [-0.4, -0.2) is 37.1 Å². The van der Waals surface area contributed by atoms with E-state index in [-0.39, 0.29) is 35.8 Å². The van der Waals surface area contributed by atoms with Crippen LogP contribution in [0.1, 0.15) is 12.0 Å². The molecule has 140 valence electrons. The van der Waals surface area contributed by atoms with Crippen molar-refractivity contribution in [1.29, 1.82) is 0 Å². The van der Waals surface area contributed by atoms with Gasteiger partial charge in [-0.25, -0.2) is 9.37 Å². The molecule has 26 heavy (non-hydrogen) atoms. The van der Waals surface area contributed by atoms with Gasteiger partial charge in [0.2, 0.25) is 0 Å². The lowest BCUT2D eigenvalue weighted by atomic mass is 10.2. The summed E-state index contributed by atoms with van der Waals surface area (Å²) >= 11 is 5.90. The molecule has 1 aromatic heterocycles. The van der Waals surface area contributed by atoms with Crippen molar-refractivity contribution in [2.45, 2.75) is 19.0 Å². The Hall–Kier alpha value is -1.61. The summed E-state index contributed by atoms with van der Waals surface area (Å²) in [5.41, 5.74) is 1.12. The van der Waals surface area contributed by atoms with Crippen LogP contribution in [0.2, 0.25) is 5.02 Å². The highest BCUT2D eigenvalue weighted by Crippen LogP contribution is 2.20. The number of benzene rings is 1. The van der Waals surface area contributed by atoms with Gasteiger partial charge >= 0.3 is 0 Å². The first-order valence-electron chi connectivity index (χ1n) is 8.23. The summed E-state index contributed by atoms with van der Waals surface area (Å²) in [6.07, 6.45) is 2.52. The molecular formula is C18H22ClFIN5. The summed E-state index contributed by atoms with van der Waals surface area (Å²) in [5.74, 6) is 0.854. The average Bonchev–Trinajstić information content (AvgIpc) is 3.08. The van der Waals surface area contributed by atoms with E-state index >= 15 is 0 Å². The normalized spacial score (nSPS) is 17.0. The second kappa shape index (κ2) is 9.91. The number of pyridine rings is 1. The number of aromatic nitrogens is 1. The SMILES string of the molecule is CN=C(NCc1ccc(Cl)cc1)NC1CCN(c2ncccc2F)C1.I. The number of anilines is 1. The van der Waals surface area contributed by atoms with Crippen molar-refractivity contribution in [3.8, 4) is 0 Å². The molecule has 2 heterocycles. The van der Waals surface area contributed by atoms with Crippen molar-refractivity contribution in [3.05, 3.63) is 59.0 Å². The predicted octanol–water partition coefficient (Wildman–Crippen LogP) is 3.44. The molecule has 0 saturated carbocycles. The molecule has 0 aliphatic carbocycles. The van der Waals surface area contributed by atoms with Crippen LogP contribution >= 0.6 is 35.6 Å². The first-order chi connectivity index (χ1) is 12.2. The van der Waals surface area contributed by atoms with Gasteiger partial charge in [-0.2, -0.15) is 0 Å². The average molecular weight is 490 g/mol. The first-order valence-corrected chi connectivity index (χ1v) is 8.60. The highest BCUT2D eigenvalue weighted by Gasteiger charge is 2.25. The fourth-order valence-electron chi connectivity index (χ4n) is 2.86. The summed E-state index contributed by atoms with van der Waals surface area (Å²) < 4.78 is 13.9. The molecular weight excluding hydrogens is 468 g/mol. The van der Waals surface area contributed by atoms with Crippen LogP contribution in [0.3, 0.4) is 0 Å². The van der Waals surface area contributed by atoms with Gasteiger partial charge in [0.15, 0.2) is 17.6 Å². The smallest absolute Gasteiger partial charge is 0.191 e. The van der Waals surface area contributed by atoms with E-state index in [1.54, 1.807) is 19.3 Å². The minimum atomic E-state index is -0.284. The van der Waals surface area contributed by atoms with Crippen LogP contribution in [0.25, 0.3) is 0 Å². The van der Waals surface area contributed by atoms with Gasteiger partial charge in [-0.3, -0.25) is 4.99 Å². The van der Waals surface area contributed by atoms with Gasteiger partial charge in [-0.15, -0.1) is 24.0 Å². The Bertz CT molecular complexity index is 741. The molecule has 1 aliphatic heterocycles. The van der Waals surface area contributed by atoms with Gasteiger partial charge in [0.05, 0.1) is 0 Å². The summed E-state index contributed by atoms with van der Waals surface area (Å²) in [7, 11) is 1.74. The van der Waals surface area contributed by atoms with Crippen LogP contribution < -0.4 is 15.5 Å². The number of rotatable bonds is 4. The lowest BCUT2D eigenvalue weighted by molar-refractivity contribution is 0.612. The minimum absolute atomic E-state index is 0. The Morgan fingerprint density at radius 2 is 2.12 bits per heavy atom. The van der Waals surface area contributed by atoms with Crippen LogP contribution in [0, 0.1) is 5.82 Å². The van der Waals surface area contributed by atoms with Crippen LogP contribution in [-0.2, 0) is 6.54 Å². The molecule has 1 atom stereocenters. The number of aliphatic imine (C=N–C) groups is 1. The summed E-state index contributed by atoms with van der Waals surface area (Å²) in [6, 6.07) is 10.9. The maximum absolute atomic E-state index is 13.9. The second-order valence-corrected chi connectivity index (χ2v) is 6.37. The van der Waals surface area contributed by atoms with Crippen molar-refractivity contribution in [3.63, 3.8) is 0 Å². The van der Waals surface area contributed by atoms with Gasteiger partial charge < -0.3 is 15.5 Å². The third-order valence-corrected chi connectivity index (χ3v) is 4.42. The molecule has 1 saturated heterocycles. The highest BCUT2D eigenvalue weighted by molar-refractivity contribution is 14.0. The van der Waals surface area contributed by atoms with Gasteiger partial charge in [0, 0.05) is 43.9 Å². The quantitative estimate of drug-likeness (QED) is 0.393. The third kappa shape index (κ3) is 5.44. The van der Waals surface area contributed by atoms with E-state index in [0.717, 1.165) is 29.5 Å². The van der Waals surface area contributed by atoms with E-state index in [4.69, 9.17) is 11.6 Å². The largest absolute Gasteiger partial charge is 0.352 e. The van der Waals surface area contributed by atoms with Crippen molar-refractivity contribution >= 4 is 47.4 Å². The van der Waals surface area contributed by atoms with E-state index in [1.807, 2.05) is 29.2 Å². The Morgan fingerprint density at radius 3 is 2.81 bits per heavy atom. The standard InChI is InChI=1S/C18H21ClFN5.HI/c1-21-18(23-11-13-4-6-14(19)7-5-13)24-15-8-10-25(12-15)17-16(20)3-2-9-22-17;/h2-7,9,15H,8,10-12H2,1H3,(H2,21,23,24);1H. The number of halogens is 3. The molecule has 0 bridgehead atoms. The maximum atomic E-state index is 13.9. The molecule has 0 radical (unpaired) electrons.